The Bertz CT molecular complexity index is 1020. The van der Waals surface area contributed by atoms with Gasteiger partial charge in [-0.15, -0.1) is 0 Å². The Labute approximate surface area is 232 Å². The molecular weight excluding hydrogens is 470 g/mol. The smallest absolute Gasteiger partial charge is 0.408 e. The summed E-state index contributed by atoms with van der Waals surface area (Å²) in [7, 11) is 0. The molecule has 0 heterocycles. The molecule has 0 aromatic heterocycles. The molecule has 5 saturated carbocycles. The van der Waals surface area contributed by atoms with Crippen molar-refractivity contribution in [3.8, 4) is 0 Å². The molecule has 0 aromatic rings. The van der Waals surface area contributed by atoms with Gasteiger partial charge in [0, 0.05) is 17.4 Å². The standard InChI is InChI=1S/C34H55NO3/c1-21(2)22-13-18-34(35-28(37)38-29(3,4)5)20-19-32(9)23(27(22)34)11-12-25-31(8)16-15-26(36)30(6,7)24(31)14-17-33(25,32)10/h22-25,27H,1,11-20H2,2-10H3,(H,35,37)/t22?,23-,24+,25-,27-,31+,32-,33-,34+/m1/s1. The molecule has 5 fully saturated rings. The van der Waals surface area contributed by atoms with Crippen LogP contribution in [0.5, 0.6) is 0 Å². The lowest BCUT2D eigenvalue weighted by Gasteiger charge is -2.72. The van der Waals surface area contributed by atoms with Crippen molar-refractivity contribution in [3.63, 3.8) is 0 Å². The zero-order valence-electron chi connectivity index (χ0n) is 25.9. The predicted octanol–water partition coefficient (Wildman–Crippen LogP) is 8.49. The zero-order chi connectivity index (χ0) is 28.1. The highest BCUT2D eigenvalue weighted by atomic mass is 16.6. The first-order valence-electron chi connectivity index (χ1n) is 15.6. The zero-order valence-corrected chi connectivity index (χ0v) is 25.9. The van der Waals surface area contributed by atoms with Crippen molar-refractivity contribution in [3.05, 3.63) is 12.2 Å². The van der Waals surface area contributed by atoms with Gasteiger partial charge in [0.25, 0.3) is 0 Å². The van der Waals surface area contributed by atoms with Gasteiger partial charge in [-0.25, -0.2) is 4.79 Å². The van der Waals surface area contributed by atoms with Gasteiger partial charge in [-0.3, -0.25) is 4.79 Å². The molecule has 5 aliphatic carbocycles. The molecule has 1 N–H and O–H groups in total. The molecule has 4 heteroatoms. The number of Topliss-reactive ketones (excluding diaryl/α,β-unsaturated/α-hetero) is 1. The quantitative estimate of drug-likeness (QED) is 0.368. The van der Waals surface area contributed by atoms with Gasteiger partial charge in [0.1, 0.15) is 11.4 Å². The van der Waals surface area contributed by atoms with Crippen LogP contribution < -0.4 is 5.32 Å². The number of rotatable bonds is 2. The maximum absolute atomic E-state index is 13.2. The molecule has 38 heavy (non-hydrogen) atoms. The van der Waals surface area contributed by atoms with Crippen LogP contribution in [-0.4, -0.2) is 23.0 Å². The average Bonchev–Trinajstić information content (AvgIpc) is 3.15. The van der Waals surface area contributed by atoms with Gasteiger partial charge in [0.05, 0.1) is 0 Å². The number of carbonyl (C=O) groups excluding carboxylic acids is 2. The van der Waals surface area contributed by atoms with Gasteiger partial charge in [0.2, 0.25) is 0 Å². The predicted molar refractivity (Wildman–Crippen MR) is 154 cm³/mol. The highest BCUT2D eigenvalue weighted by Crippen LogP contribution is 2.76. The average molecular weight is 526 g/mol. The van der Waals surface area contributed by atoms with Gasteiger partial charge in [0.15, 0.2) is 0 Å². The summed E-state index contributed by atoms with van der Waals surface area (Å²) in [5.74, 6) is 3.05. The van der Waals surface area contributed by atoms with E-state index in [1.807, 2.05) is 20.8 Å². The van der Waals surface area contributed by atoms with E-state index < -0.39 is 5.60 Å². The highest BCUT2D eigenvalue weighted by molar-refractivity contribution is 5.85. The molecule has 9 atom stereocenters. The third-order valence-corrected chi connectivity index (χ3v) is 13.6. The molecular formula is C34H55NO3. The van der Waals surface area contributed by atoms with Crippen LogP contribution in [-0.2, 0) is 9.53 Å². The molecule has 1 unspecified atom stereocenters. The second-order valence-electron chi connectivity index (χ2n) is 16.6. The van der Waals surface area contributed by atoms with E-state index in [0.29, 0.717) is 35.4 Å². The Morgan fingerprint density at radius 1 is 0.895 bits per heavy atom. The SMILES string of the molecule is C=C(C)C1CC[C@]2(NC(=O)OC(C)(C)C)CC[C@]3(C)[C@H](CC[C@@H]4[C@@]5(C)CCC(=O)C(C)(C)[C@@H]5CC[C@]43C)[C@@H]12. The minimum absolute atomic E-state index is 0.195. The van der Waals surface area contributed by atoms with Crippen LogP contribution >= 0.6 is 0 Å². The van der Waals surface area contributed by atoms with Crippen molar-refractivity contribution in [2.45, 2.75) is 138 Å². The maximum atomic E-state index is 13.2. The van der Waals surface area contributed by atoms with Gasteiger partial charge >= 0.3 is 6.09 Å². The Morgan fingerprint density at radius 3 is 2.21 bits per heavy atom. The Kier molecular flexibility index (Phi) is 6.38. The van der Waals surface area contributed by atoms with Crippen LogP contribution in [0.2, 0.25) is 0 Å². The number of allylic oxidation sites excluding steroid dienone is 1. The minimum Gasteiger partial charge on any atom is -0.444 e. The topological polar surface area (TPSA) is 55.4 Å². The molecule has 0 bridgehead atoms. The molecule has 214 valence electrons. The van der Waals surface area contributed by atoms with E-state index in [0.717, 1.165) is 38.5 Å². The molecule has 5 aliphatic rings. The van der Waals surface area contributed by atoms with Crippen LogP contribution in [0, 0.1) is 51.2 Å². The molecule has 0 spiro atoms. The number of amides is 1. The lowest BCUT2D eigenvalue weighted by Crippen LogP contribution is -2.69. The first kappa shape index (κ1) is 28.2. The maximum Gasteiger partial charge on any atom is 0.408 e. The van der Waals surface area contributed by atoms with Crippen molar-refractivity contribution in [2.75, 3.05) is 0 Å². The van der Waals surface area contributed by atoms with E-state index >= 15 is 0 Å². The first-order chi connectivity index (χ1) is 17.4. The normalized spacial score (nSPS) is 47.7. The summed E-state index contributed by atoms with van der Waals surface area (Å²) >= 11 is 0. The number of fused-ring (bicyclic) bond motifs is 7. The number of ether oxygens (including phenoxy) is 1. The first-order valence-corrected chi connectivity index (χ1v) is 15.6. The molecule has 0 saturated heterocycles. The molecule has 0 aliphatic heterocycles. The van der Waals surface area contributed by atoms with E-state index in [9.17, 15) is 9.59 Å². The summed E-state index contributed by atoms with van der Waals surface area (Å²) in [6.45, 7) is 24.8. The largest absolute Gasteiger partial charge is 0.444 e. The van der Waals surface area contributed by atoms with Gasteiger partial charge < -0.3 is 10.1 Å². The number of alkyl carbamates (subject to hydrolysis) is 1. The Hall–Kier alpha value is -1.32. The van der Waals surface area contributed by atoms with Crippen molar-refractivity contribution in [2.24, 2.45) is 51.2 Å². The van der Waals surface area contributed by atoms with E-state index in [2.05, 4.69) is 53.4 Å². The molecule has 0 aromatic carbocycles. The van der Waals surface area contributed by atoms with Crippen LogP contribution in [0.3, 0.4) is 0 Å². The fraction of sp³-hybridized carbons (Fsp3) is 0.882. The van der Waals surface area contributed by atoms with Gasteiger partial charge in [-0.2, -0.15) is 0 Å². The number of hydrogen-bond acceptors (Lipinski definition) is 3. The molecule has 4 nitrogen and oxygen atoms in total. The summed E-state index contributed by atoms with van der Waals surface area (Å²) in [5, 5.41) is 3.50. The summed E-state index contributed by atoms with van der Waals surface area (Å²) in [5.41, 5.74) is 1.07. The summed E-state index contributed by atoms with van der Waals surface area (Å²) in [6.07, 6.45) is 10.7. The van der Waals surface area contributed by atoms with Crippen LogP contribution in [0.15, 0.2) is 12.2 Å². The van der Waals surface area contributed by atoms with Crippen molar-refractivity contribution in [1.82, 2.24) is 5.32 Å². The monoisotopic (exact) mass is 525 g/mol. The van der Waals surface area contributed by atoms with Crippen molar-refractivity contribution < 1.29 is 14.3 Å². The van der Waals surface area contributed by atoms with Crippen molar-refractivity contribution >= 4 is 11.9 Å². The third-order valence-electron chi connectivity index (χ3n) is 13.6. The summed E-state index contributed by atoms with van der Waals surface area (Å²) in [6, 6.07) is 0. The van der Waals surface area contributed by atoms with E-state index in [1.165, 1.54) is 31.3 Å². The highest BCUT2D eigenvalue weighted by Gasteiger charge is 2.71. The third kappa shape index (κ3) is 3.80. The Balaban J connectivity index is 1.51. The van der Waals surface area contributed by atoms with E-state index in [4.69, 9.17) is 4.74 Å². The molecule has 0 radical (unpaired) electrons. The number of hydrogen-bond donors (Lipinski definition) is 1. The van der Waals surface area contributed by atoms with Crippen LogP contribution in [0.4, 0.5) is 4.79 Å². The van der Waals surface area contributed by atoms with Gasteiger partial charge in [-0.1, -0.05) is 46.8 Å². The Morgan fingerprint density at radius 2 is 1.58 bits per heavy atom. The number of carbonyl (C=O) groups is 2. The second kappa shape index (κ2) is 8.59. The van der Waals surface area contributed by atoms with E-state index in [-0.39, 0.29) is 33.3 Å². The summed E-state index contributed by atoms with van der Waals surface area (Å²) in [4.78, 5) is 26.2. The van der Waals surface area contributed by atoms with Crippen LogP contribution in [0.25, 0.3) is 0 Å². The fourth-order valence-corrected chi connectivity index (χ4v) is 11.7. The molecule has 5 rings (SSSR count). The van der Waals surface area contributed by atoms with E-state index in [1.54, 1.807) is 0 Å². The second-order valence-corrected chi connectivity index (χ2v) is 16.6. The lowest BCUT2D eigenvalue weighted by molar-refractivity contribution is -0.228. The number of nitrogens with one attached hydrogen (secondary N) is 1. The summed E-state index contributed by atoms with van der Waals surface area (Å²) < 4.78 is 5.81. The molecule has 1 amide bonds. The van der Waals surface area contributed by atoms with Gasteiger partial charge in [-0.05, 0) is 131 Å². The fourth-order valence-electron chi connectivity index (χ4n) is 11.7. The number of ketones is 1. The lowest BCUT2D eigenvalue weighted by atomic mass is 9.32. The minimum atomic E-state index is -0.499. The van der Waals surface area contributed by atoms with Crippen LogP contribution in [0.1, 0.15) is 127 Å². The van der Waals surface area contributed by atoms with Crippen molar-refractivity contribution in [1.29, 1.82) is 0 Å².